The lowest BCUT2D eigenvalue weighted by Crippen LogP contribution is -2.46. The summed E-state index contributed by atoms with van der Waals surface area (Å²) in [6.45, 7) is 1.24. The van der Waals surface area contributed by atoms with Crippen molar-refractivity contribution in [3.63, 3.8) is 0 Å². The van der Waals surface area contributed by atoms with E-state index in [1.807, 2.05) is 36.4 Å². The molecule has 1 saturated heterocycles. The van der Waals surface area contributed by atoms with Crippen molar-refractivity contribution >= 4 is 6.03 Å². The van der Waals surface area contributed by atoms with Gasteiger partial charge >= 0.3 is 6.03 Å². The summed E-state index contributed by atoms with van der Waals surface area (Å²) in [6, 6.07) is 14.0. The number of ether oxygens (including phenoxy) is 1. The normalized spacial score (nSPS) is 22.6. The van der Waals surface area contributed by atoms with Gasteiger partial charge in [-0.2, -0.15) is 0 Å². The van der Waals surface area contributed by atoms with Crippen LogP contribution in [0.1, 0.15) is 24.8 Å². The number of hydrogen-bond donors (Lipinski definition) is 2. The topological polar surface area (TPSA) is 63.2 Å². The number of amides is 2. The largest absolute Gasteiger partial charge is 0.376 e. The van der Waals surface area contributed by atoms with E-state index in [2.05, 4.69) is 21.7 Å². The third kappa shape index (κ3) is 3.99. The minimum atomic E-state index is -0.121. The van der Waals surface area contributed by atoms with Crippen molar-refractivity contribution in [1.82, 2.24) is 15.6 Å². The number of rotatable bonds is 5. The molecule has 0 spiro atoms. The van der Waals surface area contributed by atoms with Crippen molar-refractivity contribution in [3.05, 3.63) is 54.2 Å². The fraction of sp³-hybridized carbons (Fsp3) is 0.400. The highest BCUT2D eigenvalue weighted by molar-refractivity contribution is 5.74. The first-order valence-corrected chi connectivity index (χ1v) is 8.96. The van der Waals surface area contributed by atoms with Crippen molar-refractivity contribution in [1.29, 1.82) is 0 Å². The summed E-state index contributed by atoms with van der Waals surface area (Å²) in [4.78, 5) is 16.6. The van der Waals surface area contributed by atoms with Gasteiger partial charge in [0.1, 0.15) is 0 Å². The third-order valence-electron chi connectivity index (χ3n) is 4.88. The van der Waals surface area contributed by atoms with Crippen LogP contribution in [-0.4, -0.2) is 29.8 Å². The second-order valence-corrected chi connectivity index (χ2v) is 6.81. The molecule has 2 fully saturated rings. The summed E-state index contributed by atoms with van der Waals surface area (Å²) in [5.41, 5.74) is 3.04. The molecule has 0 radical (unpaired) electrons. The van der Waals surface area contributed by atoms with Crippen LogP contribution in [0.4, 0.5) is 4.79 Å². The standard InChI is InChI=1S/C20H23N3O2/c24-20(23-18-9-11-25-19(18)15-7-8-15)22-13-14-4-3-5-16(12-14)17-6-1-2-10-21-17/h1-6,10,12,15,18-19H,7-9,11,13H2,(H2,22,23,24)/t18-,19-/m1/s1. The SMILES string of the molecule is O=C(NCc1cccc(-c2ccccn2)c1)N[C@@H]1CCO[C@@H]1C1CC1. The molecular formula is C20H23N3O2. The Labute approximate surface area is 147 Å². The van der Waals surface area contributed by atoms with Gasteiger partial charge in [0.25, 0.3) is 0 Å². The highest BCUT2D eigenvalue weighted by Gasteiger charge is 2.41. The fourth-order valence-electron chi connectivity index (χ4n) is 3.43. The van der Waals surface area contributed by atoms with Crippen molar-refractivity contribution in [2.24, 2.45) is 5.92 Å². The van der Waals surface area contributed by atoms with Gasteiger partial charge in [0.05, 0.1) is 17.8 Å². The van der Waals surface area contributed by atoms with Gasteiger partial charge in [0.2, 0.25) is 0 Å². The molecule has 1 aromatic carbocycles. The van der Waals surface area contributed by atoms with Gasteiger partial charge in [0, 0.05) is 24.9 Å². The van der Waals surface area contributed by atoms with E-state index in [1.54, 1.807) is 6.20 Å². The van der Waals surface area contributed by atoms with Crippen LogP contribution in [0.25, 0.3) is 11.3 Å². The van der Waals surface area contributed by atoms with Crippen molar-refractivity contribution in [2.45, 2.75) is 38.0 Å². The second-order valence-electron chi connectivity index (χ2n) is 6.81. The zero-order chi connectivity index (χ0) is 17.1. The predicted octanol–water partition coefficient (Wildman–Crippen LogP) is 3.12. The molecule has 2 heterocycles. The quantitative estimate of drug-likeness (QED) is 0.881. The first-order valence-electron chi connectivity index (χ1n) is 8.96. The second kappa shape index (κ2) is 7.23. The van der Waals surface area contributed by atoms with Gasteiger partial charge < -0.3 is 15.4 Å². The van der Waals surface area contributed by atoms with E-state index in [4.69, 9.17) is 4.74 Å². The van der Waals surface area contributed by atoms with E-state index in [1.165, 1.54) is 12.8 Å². The van der Waals surface area contributed by atoms with Crippen LogP contribution in [0.2, 0.25) is 0 Å². The summed E-state index contributed by atoms with van der Waals surface area (Å²) in [5.74, 6) is 0.642. The van der Waals surface area contributed by atoms with E-state index in [0.717, 1.165) is 29.8 Å². The molecule has 25 heavy (non-hydrogen) atoms. The summed E-state index contributed by atoms with van der Waals surface area (Å²) >= 11 is 0. The van der Waals surface area contributed by atoms with Crippen molar-refractivity contribution in [2.75, 3.05) is 6.61 Å². The van der Waals surface area contributed by atoms with Gasteiger partial charge in [-0.25, -0.2) is 4.79 Å². The molecule has 2 atom stereocenters. The van der Waals surface area contributed by atoms with Crippen LogP contribution in [0.5, 0.6) is 0 Å². The van der Waals surface area contributed by atoms with Crippen LogP contribution in [0, 0.1) is 5.92 Å². The Kier molecular flexibility index (Phi) is 4.65. The first-order chi connectivity index (χ1) is 12.3. The maximum Gasteiger partial charge on any atom is 0.315 e. The Morgan fingerprint density at radius 1 is 1.16 bits per heavy atom. The molecule has 2 aromatic rings. The highest BCUT2D eigenvalue weighted by Crippen LogP contribution is 2.38. The van der Waals surface area contributed by atoms with E-state index < -0.39 is 0 Å². The lowest BCUT2D eigenvalue weighted by Gasteiger charge is -2.19. The molecule has 1 aliphatic heterocycles. The van der Waals surface area contributed by atoms with Gasteiger partial charge in [-0.3, -0.25) is 4.98 Å². The molecule has 1 aromatic heterocycles. The van der Waals surface area contributed by atoms with E-state index in [-0.39, 0.29) is 18.2 Å². The zero-order valence-electron chi connectivity index (χ0n) is 14.2. The lowest BCUT2D eigenvalue weighted by molar-refractivity contribution is 0.0825. The van der Waals surface area contributed by atoms with Gasteiger partial charge in [0.15, 0.2) is 0 Å². The molecule has 5 heteroatoms. The molecule has 5 nitrogen and oxygen atoms in total. The van der Waals surface area contributed by atoms with Crippen molar-refractivity contribution < 1.29 is 9.53 Å². The van der Waals surface area contributed by atoms with Crippen molar-refractivity contribution in [3.8, 4) is 11.3 Å². The Morgan fingerprint density at radius 3 is 2.88 bits per heavy atom. The van der Waals surface area contributed by atoms with E-state index in [0.29, 0.717) is 12.5 Å². The number of pyridine rings is 1. The number of aromatic nitrogens is 1. The number of carbonyl (C=O) groups excluding carboxylic acids is 1. The maximum atomic E-state index is 12.2. The molecule has 2 N–H and O–H groups in total. The molecule has 0 bridgehead atoms. The predicted molar refractivity (Wildman–Crippen MR) is 95.9 cm³/mol. The molecule has 0 unspecified atom stereocenters. The summed E-state index contributed by atoms with van der Waals surface area (Å²) < 4.78 is 5.77. The first kappa shape index (κ1) is 16.1. The number of nitrogens with one attached hydrogen (secondary N) is 2. The van der Waals surface area contributed by atoms with Crippen LogP contribution >= 0.6 is 0 Å². The number of nitrogens with zero attached hydrogens (tertiary/aromatic N) is 1. The number of benzene rings is 1. The smallest absolute Gasteiger partial charge is 0.315 e. The lowest BCUT2D eigenvalue weighted by atomic mass is 10.1. The monoisotopic (exact) mass is 337 g/mol. The Morgan fingerprint density at radius 2 is 2.08 bits per heavy atom. The minimum Gasteiger partial charge on any atom is -0.376 e. The minimum absolute atomic E-state index is 0.121. The zero-order valence-corrected chi connectivity index (χ0v) is 14.2. The van der Waals surface area contributed by atoms with Gasteiger partial charge in [-0.1, -0.05) is 24.3 Å². The average Bonchev–Trinajstić information content (AvgIpc) is 3.40. The number of hydrogen-bond acceptors (Lipinski definition) is 3. The Bertz CT molecular complexity index is 731. The van der Waals surface area contributed by atoms with Crippen LogP contribution in [-0.2, 0) is 11.3 Å². The van der Waals surface area contributed by atoms with Crippen LogP contribution in [0.3, 0.4) is 0 Å². The van der Waals surface area contributed by atoms with Gasteiger partial charge in [-0.05, 0) is 48.9 Å². The van der Waals surface area contributed by atoms with Gasteiger partial charge in [-0.15, -0.1) is 0 Å². The molecule has 1 aliphatic carbocycles. The fourth-order valence-corrected chi connectivity index (χ4v) is 3.43. The van der Waals surface area contributed by atoms with Crippen LogP contribution < -0.4 is 10.6 Å². The van der Waals surface area contributed by atoms with E-state index >= 15 is 0 Å². The summed E-state index contributed by atoms with van der Waals surface area (Å²) in [5, 5.41) is 6.04. The number of urea groups is 1. The van der Waals surface area contributed by atoms with Crippen LogP contribution in [0.15, 0.2) is 48.7 Å². The average molecular weight is 337 g/mol. The molecular weight excluding hydrogens is 314 g/mol. The maximum absolute atomic E-state index is 12.2. The molecule has 2 aliphatic rings. The summed E-state index contributed by atoms with van der Waals surface area (Å²) in [6.07, 6.45) is 5.35. The molecule has 4 rings (SSSR count). The highest BCUT2D eigenvalue weighted by atomic mass is 16.5. The van der Waals surface area contributed by atoms with E-state index in [9.17, 15) is 4.79 Å². The third-order valence-corrected chi connectivity index (χ3v) is 4.88. The Balaban J connectivity index is 1.33. The number of carbonyl (C=O) groups is 1. The Hall–Kier alpha value is -2.40. The molecule has 130 valence electrons. The summed E-state index contributed by atoms with van der Waals surface area (Å²) in [7, 11) is 0. The molecule has 1 saturated carbocycles. The molecule has 2 amide bonds.